The first-order valence-corrected chi connectivity index (χ1v) is 9.44. The van der Waals surface area contributed by atoms with Crippen LogP contribution in [0.15, 0.2) is 12.4 Å². The fourth-order valence-corrected chi connectivity index (χ4v) is 3.46. The van der Waals surface area contributed by atoms with Gasteiger partial charge in [0.1, 0.15) is 5.01 Å². The summed E-state index contributed by atoms with van der Waals surface area (Å²) < 4.78 is 7.62. The highest BCUT2D eigenvalue weighted by molar-refractivity contribution is 7.15. The molecule has 8 nitrogen and oxygen atoms in total. The topological polar surface area (TPSA) is 85.2 Å². The number of carbonyl (C=O) groups excluding carboxylic acids is 1. The lowest BCUT2D eigenvalue weighted by Crippen LogP contribution is -2.48. The third-order valence-corrected chi connectivity index (χ3v) is 4.90. The van der Waals surface area contributed by atoms with E-state index in [-0.39, 0.29) is 12.1 Å². The number of amides is 2. The van der Waals surface area contributed by atoms with Gasteiger partial charge < -0.3 is 9.64 Å². The van der Waals surface area contributed by atoms with Crippen molar-refractivity contribution in [2.24, 2.45) is 0 Å². The van der Waals surface area contributed by atoms with Crippen molar-refractivity contribution >= 4 is 22.5 Å². The smallest absolute Gasteiger partial charge is 0.323 e. The van der Waals surface area contributed by atoms with Crippen LogP contribution >= 0.6 is 11.3 Å². The van der Waals surface area contributed by atoms with E-state index in [1.807, 2.05) is 24.0 Å². The maximum atomic E-state index is 12.5. The first-order valence-electron chi connectivity index (χ1n) is 8.63. The molecule has 1 unspecified atom stereocenters. The maximum absolute atomic E-state index is 12.5. The molecule has 1 fully saturated rings. The molecular weight excluding hydrogens is 340 g/mol. The van der Waals surface area contributed by atoms with E-state index in [0.717, 1.165) is 29.8 Å². The maximum Gasteiger partial charge on any atom is 0.323 e. The Morgan fingerprint density at radius 1 is 1.48 bits per heavy atom. The summed E-state index contributed by atoms with van der Waals surface area (Å²) in [4.78, 5) is 14.2. The summed E-state index contributed by atoms with van der Waals surface area (Å²) in [6, 6.07) is -0.150. The fourth-order valence-electron chi connectivity index (χ4n) is 2.69. The van der Waals surface area contributed by atoms with Gasteiger partial charge in [0.2, 0.25) is 5.13 Å². The van der Waals surface area contributed by atoms with E-state index in [1.54, 1.807) is 4.90 Å². The normalized spacial score (nSPS) is 17.7. The zero-order valence-electron chi connectivity index (χ0n) is 14.6. The van der Waals surface area contributed by atoms with E-state index >= 15 is 0 Å². The predicted molar refractivity (Wildman–Crippen MR) is 95.8 cm³/mol. The summed E-state index contributed by atoms with van der Waals surface area (Å²) in [6.07, 6.45) is 6.84. The molecule has 0 spiro atoms. The molecule has 2 aromatic heterocycles. The van der Waals surface area contributed by atoms with Crippen molar-refractivity contribution in [1.29, 1.82) is 0 Å². The molecule has 0 radical (unpaired) electrons. The molecular formula is C16H24N6O2S. The van der Waals surface area contributed by atoms with E-state index in [4.69, 9.17) is 4.74 Å². The minimum atomic E-state index is -0.150. The summed E-state index contributed by atoms with van der Waals surface area (Å²) in [5.74, 6) is 0. The van der Waals surface area contributed by atoms with E-state index < -0.39 is 0 Å². The van der Waals surface area contributed by atoms with E-state index in [1.165, 1.54) is 11.3 Å². The number of nitrogens with one attached hydrogen (secondary N) is 1. The summed E-state index contributed by atoms with van der Waals surface area (Å²) >= 11 is 1.45. The lowest BCUT2D eigenvalue weighted by Gasteiger charge is -2.32. The molecule has 25 heavy (non-hydrogen) atoms. The number of unbranched alkanes of at least 4 members (excludes halogenated alkanes) is 1. The molecule has 1 N–H and O–H groups in total. The monoisotopic (exact) mass is 364 g/mol. The minimum absolute atomic E-state index is 0.0617. The highest BCUT2D eigenvalue weighted by Gasteiger charge is 2.25. The van der Waals surface area contributed by atoms with Crippen molar-refractivity contribution in [3.05, 3.63) is 23.0 Å². The Morgan fingerprint density at radius 2 is 2.36 bits per heavy atom. The average Bonchev–Trinajstić information content (AvgIpc) is 3.22. The van der Waals surface area contributed by atoms with Crippen LogP contribution in [0.5, 0.6) is 0 Å². The van der Waals surface area contributed by atoms with Crippen LogP contribution in [0.4, 0.5) is 9.93 Å². The quantitative estimate of drug-likeness (QED) is 0.850. The molecule has 1 aliphatic heterocycles. The average molecular weight is 364 g/mol. The van der Waals surface area contributed by atoms with Gasteiger partial charge in [-0.15, -0.1) is 10.2 Å². The van der Waals surface area contributed by atoms with Gasteiger partial charge >= 0.3 is 6.03 Å². The van der Waals surface area contributed by atoms with Gasteiger partial charge in [-0.25, -0.2) is 4.79 Å². The standard InChI is InChI=1S/C16H24N6O2S/c1-3-4-5-14-19-20-15(25-14)18-16(23)21-6-7-24-13(10-21)11-22-9-12(2)8-17-22/h8-9,13H,3-7,10-11H2,1-2H3,(H,18,20,23). The van der Waals surface area contributed by atoms with Gasteiger partial charge in [-0.3, -0.25) is 10.00 Å². The van der Waals surface area contributed by atoms with Crippen molar-refractivity contribution in [3.8, 4) is 0 Å². The molecule has 0 aromatic carbocycles. The Kier molecular flexibility index (Phi) is 5.98. The Morgan fingerprint density at radius 3 is 3.12 bits per heavy atom. The first kappa shape index (κ1) is 17.8. The third-order valence-electron chi connectivity index (χ3n) is 4.00. The van der Waals surface area contributed by atoms with Crippen molar-refractivity contribution in [2.45, 2.75) is 45.8 Å². The summed E-state index contributed by atoms with van der Waals surface area (Å²) in [7, 11) is 0. The van der Waals surface area contributed by atoms with Crippen LogP contribution in [0.3, 0.4) is 0 Å². The van der Waals surface area contributed by atoms with Crippen LogP contribution in [-0.2, 0) is 17.7 Å². The minimum Gasteiger partial charge on any atom is -0.373 e. The van der Waals surface area contributed by atoms with Crippen LogP contribution in [0.25, 0.3) is 0 Å². The summed E-state index contributed by atoms with van der Waals surface area (Å²) in [5.41, 5.74) is 1.11. The molecule has 0 aliphatic carbocycles. The lowest BCUT2D eigenvalue weighted by molar-refractivity contribution is -0.0219. The van der Waals surface area contributed by atoms with Crippen molar-refractivity contribution in [1.82, 2.24) is 24.9 Å². The Bertz CT molecular complexity index is 700. The first-order chi connectivity index (χ1) is 12.1. The molecule has 2 aromatic rings. The summed E-state index contributed by atoms with van der Waals surface area (Å²) in [5, 5.41) is 16.8. The number of hydrogen-bond acceptors (Lipinski definition) is 6. The number of anilines is 1. The van der Waals surface area contributed by atoms with Gasteiger partial charge in [-0.1, -0.05) is 24.7 Å². The van der Waals surface area contributed by atoms with Gasteiger partial charge in [0.05, 0.1) is 32.0 Å². The molecule has 1 saturated heterocycles. The van der Waals surface area contributed by atoms with Crippen LogP contribution in [0.2, 0.25) is 0 Å². The fraction of sp³-hybridized carbons (Fsp3) is 0.625. The van der Waals surface area contributed by atoms with Crippen LogP contribution in [0, 0.1) is 6.92 Å². The highest BCUT2D eigenvalue weighted by atomic mass is 32.1. The van der Waals surface area contributed by atoms with Crippen LogP contribution in [-0.4, -0.2) is 56.7 Å². The van der Waals surface area contributed by atoms with Gasteiger partial charge in [0, 0.05) is 19.2 Å². The number of morpholine rings is 1. The van der Waals surface area contributed by atoms with Gasteiger partial charge in [0.25, 0.3) is 0 Å². The zero-order valence-corrected chi connectivity index (χ0v) is 15.5. The molecule has 3 rings (SSSR count). The van der Waals surface area contributed by atoms with Crippen LogP contribution < -0.4 is 5.32 Å². The Balaban J connectivity index is 1.52. The SMILES string of the molecule is CCCCc1nnc(NC(=O)N2CCOC(Cn3cc(C)cn3)C2)s1. The largest absolute Gasteiger partial charge is 0.373 e. The van der Waals surface area contributed by atoms with Gasteiger partial charge in [-0.05, 0) is 18.9 Å². The molecule has 0 bridgehead atoms. The second-order valence-corrected chi connectivity index (χ2v) is 7.28. The zero-order chi connectivity index (χ0) is 17.6. The number of aryl methyl sites for hydroxylation is 2. The van der Waals surface area contributed by atoms with E-state index in [2.05, 4.69) is 27.5 Å². The Hall–Kier alpha value is -2.00. The number of aromatic nitrogens is 4. The predicted octanol–water partition coefficient (Wildman–Crippen LogP) is 2.32. The molecule has 2 amide bonds. The number of carbonyl (C=O) groups is 1. The van der Waals surface area contributed by atoms with Crippen molar-refractivity contribution in [2.75, 3.05) is 25.0 Å². The molecule has 1 atom stereocenters. The lowest BCUT2D eigenvalue weighted by atomic mass is 10.3. The van der Waals surface area contributed by atoms with E-state index in [9.17, 15) is 4.79 Å². The highest BCUT2D eigenvalue weighted by Crippen LogP contribution is 2.18. The molecule has 9 heteroatoms. The molecule has 3 heterocycles. The number of ether oxygens (including phenoxy) is 1. The number of nitrogens with zero attached hydrogens (tertiary/aromatic N) is 5. The number of rotatable bonds is 6. The van der Waals surface area contributed by atoms with Crippen LogP contribution in [0.1, 0.15) is 30.3 Å². The molecule has 136 valence electrons. The molecule has 1 aliphatic rings. The number of hydrogen-bond donors (Lipinski definition) is 1. The van der Waals surface area contributed by atoms with Gasteiger partial charge in [-0.2, -0.15) is 5.10 Å². The Labute approximate surface area is 151 Å². The van der Waals surface area contributed by atoms with Crippen molar-refractivity contribution < 1.29 is 9.53 Å². The third kappa shape index (κ3) is 4.99. The van der Waals surface area contributed by atoms with E-state index in [0.29, 0.717) is 31.4 Å². The van der Waals surface area contributed by atoms with Gasteiger partial charge in [0.15, 0.2) is 0 Å². The molecule has 0 saturated carbocycles. The second kappa shape index (κ2) is 8.39. The summed E-state index contributed by atoms with van der Waals surface area (Å²) in [6.45, 7) is 6.41. The second-order valence-electron chi connectivity index (χ2n) is 6.21. The van der Waals surface area contributed by atoms with Crippen molar-refractivity contribution in [3.63, 3.8) is 0 Å². The number of urea groups is 1.